The molecule has 0 aromatic carbocycles. The molecule has 0 unspecified atom stereocenters. The van der Waals surface area contributed by atoms with Crippen LogP contribution in [-0.2, 0) is 33.2 Å². The van der Waals surface area contributed by atoms with Crippen molar-refractivity contribution in [1.29, 1.82) is 0 Å². The van der Waals surface area contributed by atoms with Gasteiger partial charge in [-0.1, -0.05) is 0 Å². The summed E-state index contributed by atoms with van der Waals surface area (Å²) >= 11 is 0. The molecule has 0 aromatic rings. The van der Waals surface area contributed by atoms with Gasteiger partial charge >= 0.3 is 0 Å². The molecule has 0 aliphatic heterocycles. The van der Waals surface area contributed by atoms with Crippen LogP contribution in [0.3, 0.4) is 0 Å². The van der Waals surface area contributed by atoms with Gasteiger partial charge in [0.15, 0.2) is 0 Å². The lowest BCUT2D eigenvalue weighted by molar-refractivity contribution is 0.0159. The molecule has 170 valence electrons. The molecule has 0 spiro atoms. The number of aliphatic hydroxyl groups excluding tert-OH is 3. The molecule has 10 nitrogen and oxygen atoms in total. The van der Waals surface area contributed by atoms with E-state index >= 15 is 0 Å². The lowest BCUT2D eigenvalue weighted by Gasteiger charge is -2.03. The van der Waals surface area contributed by atoms with Crippen LogP contribution in [-0.4, -0.2) is 130 Å². The summed E-state index contributed by atoms with van der Waals surface area (Å²) in [7, 11) is 7.49. The second kappa shape index (κ2) is 44.8. The van der Waals surface area contributed by atoms with Crippen molar-refractivity contribution < 1.29 is 48.5 Å². The largest absolute Gasteiger partial charge is 0.400 e. The third-order valence-corrected chi connectivity index (χ3v) is 2.20. The SMILES string of the molecule is CO.COCCO.COCCOCCOC.COCCOCCOCCO. The fourth-order valence-electron chi connectivity index (χ4n) is 1.01. The lowest BCUT2D eigenvalue weighted by Crippen LogP contribution is -2.09. The molecular formula is C17H42O10. The third-order valence-electron chi connectivity index (χ3n) is 2.20. The quantitative estimate of drug-likeness (QED) is 0.280. The summed E-state index contributed by atoms with van der Waals surface area (Å²) in [5.74, 6) is 0. The van der Waals surface area contributed by atoms with Crippen LogP contribution < -0.4 is 0 Å². The van der Waals surface area contributed by atoms with Crippen LogP contribution in [0.15, 0.2) is 0 Å². The summed E-state index contributed by atoms with van der Waals surface area (Å²) in [6, 6.07) is 0. The molecule has 0 rings (SSSR count). The molecule has 0 heterocycles. The van der Waals surface area contributed by atoms with Gasteiger partial charge < -0.3 is 48.5 Å². The van der Waals surface area contributed by atoms with Gasteiger partial charge in [-0.25, -0.2) is 0 Å². The molecule has 0 aromatic heterocycles. The van der Waals surface area contributed by atoms with Gasteiger partial charge in [0.2, 0.25) is 0 Å². The first-order valence-electron chi connectivity index (χ1n) is 8.60. The maximum absolute atomic E-state index is 8.32. The Hall–Kier alpha value is -0.400. The van der Waals surface area contributed by atoms with Crippen molar-refractivity contribution >= 4 is 0 Å². The van der Waals surface area contributed by atoms with Crippen LogP contribution in [0.25, 0.3) is 0 Å². The molecule has 0 saturated heterocycles. The van der Waals surface area contributed by atoms with Gasteiger partial charge in [-0.15, -0.1) is 0 Å². The van der Waals surface area contributed by atoms with E-state index in [0.717, 1.165) is 7.11 Å². The number of hydrogen-bond acceptors (Lipinski definition) is 10. The minimum absolute atomic E-state index is 0.0675. The molecule has 0 aliphatic carbocycles. The van der Waals surface area contributed by atoms with Crippen LogP contribution in [0, 0.1) is 0 Å². The number of rotatable bonds is 16. The van der Waals surface area contributed by atoms with E-state index in [2.05, 4.69) is 4.74 Å². The maximum Gasteiger partial charge on any atom is 0.0701 e. The average Bonchev–Trinajstić information content (AvgIpc) is 2.70. The molecule has 27 heavy (non-hydrogen) atoms. The molecule has 0 aliphatic rings. The Balaban J connectivity index is -0.000000148. The van der Waals surface area contributed by atoms with Crippen LogP contribution in [0.1, 0.15) is 0 Å². The van der Waals surface area contributed by atoms with Crippen molar-refractivity contribution in [2.75, 3.05) is 115 Å². The summed E-state index contributed by atoms with van der Waals surface area (Å²) in [5, 5.41) is 23.3. The zero-order valence-electron chi connectivity index (χ0n) is 17.7. The van der Waals surface area contributed by atoms with Crippen molar-refractivity contribution in [3.05, 3.63) is 0 Å². The Labute approximate surface area is 164 Å². The summed E-state index contributed by atoms with van der Waals surface area (Å²) in [6.07, 6.45) is 0. The Morgan fingerprint density at radius 1 is 0.407 bits per heavy atom. The standard InChI is InChI=1S/C7H16O4.C6H14O3.C3H8O2.CH4O/c1-9-4-5-11-7-6-10-3-2-8;1-7-3-5-9-6-4-8-2;1-5-3-2-4;1-2/h8H,2-7H2,1H3;3-6H2,1-2H3;4H,2-3H2,1H3;2H,1H3. The highest BCUT2D eigenvalue weighted by atomic mass is 16.5. The van der Waals surface area contributed by atoms with Crippen molar-refractivity contribution in [3.63, 3.8) is 0 Å². The van der Waals surface area contributed by atoms with Crippen LogP contribution >= 0.6 is 0 Å². The van der Waals surface area contributed by atoms with Gasteiger partial charge in [0, 0.05) is 35.5 Å². The van der Waals surface area contributed by atoms with Gasteiger partial charge in [-0.05, 0) is 0 Å². The molecule has 0 bridgehead atoms. The first-order valence-corrected chi connectivity index (χ1v) is 8.60. The van der Waals surface area contributed by atoms with Crippen LogP contribution in [0.5, 0.6) is 0 Å². The van der Waals surface area contributed by atoms with Gasteiger partial charge in [-0.3, -0.25) is 0 Å². The second-order valence-corrected chi connectivity index (χ2v) is 4.26. The summed E-state index contributed by atoms with van der Waals surface area (Å²) in [6.45, 7) is 5.93. The molecular weight excluding hydrogens is 364 g/mol. The summed E-state index contributed by atoms with van der Waals surface area (Å²) in [5.41, 5.74) is 0. The number of methoxy groups -OCH3 is 4. The van der Waals surface area contributed by atoms with Crippen molar-refractivity contribution in [2.24, 2.45) is 0 Å². The zero-order chi connectivity index (χ0) is 21.4. The number of ether oxygens (including phenoxy) is 7. The average molecular weight is 407 g/mol. The topological polar surface area (TPSA) is 125 Å². The van der Waals surface area contributed by atoms with Crippen molar-refractivity contribution in [2.45, 2.75) is 0 Å². The minimum Gasteiger partial charge on any atom is -0.400 e. The van der Waals surface area contributed by atoms with E-state index in [4.69, 9.17) is 43.7 Å². The maximum atomic E-state index is 8.32. The van der Waals surface area contributed by atoms with E-state index in [0.29, 0.717) is 66.1 Å². The zero-order valence-corrected chi connectivity index (χ0v) is 17.7. The Kier molecular flexibility index (Phi) is 56.6. The predicted octanol–water partition coefficient (Wildman–Crippen LogP) is -0.812. The van der Waals surface area contributed by atoms with E-state index in [9.17, 15) is 0 Å². The highest BCUT2D eigenvalue weighted by molar-refractivity contribution is 4.31. The van der Waals surface area contributed by atoms with E-state index < -0.39 is 0 Å². The van der Waals surface area contributed by atoms with Crippen LogP contribution in [0.4, 0.5) is 0 Å². The van der Waals surface area contributed by atoms with E-state index in [1.54, 1.807) is 28.4 Å². The molecule has 0 radical (unpaired) electrons. The third kappa shape index (κ3) is 58.6. The van der Waals surface area contributed by atoms with E-state index in [-0.39, 0.29) is 13.2 Å². The summed E-state index contributed by atoms with van der Waals surface area (Å²) < 4.78 is 33.8. The van der Waals surface area contributed by atoms with Crippen LogP contribution in [0.2, 0.25) is 0 Å². The monoisotopic (exact) mass is 406 g/mol. The van der Waals surface area contributed by atoms with Crippen molar-refractivity contribution in [3.8, 4) is 0 Å². The first kappa shape index (κ1) is 34.1. The van der Waals surface area contributed by atoms with Gasteiger partial charge in [0.25, 0.3) is 0 Å². The van der Waals surface area contributed by atoms with Gasteiger partial charge in [0.05, 0.1) is 79.3 Å². The van der Waals surface area contributed by atoms with E-state index in [1.807, 2.05) is 0 Å². The Bertz CT molecular complexity index is 171. The highest BCUT2D eigenvalue weighted by Crippen LogP contribution is 1.78. The molecule has 0 fully saturated rings. The molecule has 10 heteroatoms. The molecule has 3 N–H and O–H groups in total. The van der Waals surface area contributed by atoms with E-state index in [1.165, 1.54) is 0 Å². The summed E-state index contributed by atoms with van der Waals surface area (Å²) in [4.78, 5) is 0. The molecule has 0 atom stereocenters. The smallest absolute Gasteiger partial charge is 0.0701 e. The fraction of sp³-hybridized carbons (Fsp3) is 1.00. The number of hydrogen-bond donors (Lipinski definition) is 3. The minimum atomic E-state index is 0.0675. The predicted molar refractivity (Wildman–Crippen MR) is 102 cm³/mol. The molecule has 0 saturated carbocycles. The van der Waals surface area contributed by atoms with Gasteiger partial charge in [-0.2, -0.15) is 0 Å². The fourth-order valence-corrected chi connectivity index (χ4v) is 1.01. The lowest BCUT2D eigenvalue weighted by atomic mass is 10.7. The first-order chi connectivity index (χ1) is 13.2. The molecule has 0 amide bonds. The number of aliphatic hydroxyl groups is 3. The van der Waals surface area contributed by atoms with Crippen molar-refractivity contribution in [1.82, 2.24) is 0 Å². The highest BCUT2D eigenvalue weighted by Gasteiger charge is 1.88. The Morgan fingerprint density at radius 3 is 0.889 bits per heavy atom. The normalized spacial score (nSPS) is 9.33. The Morgan fingerprint density at radius 2 is 0.667 bits per heavy atom. The second-order valence-electron chi connectivity index (χ2n) is 4.26. The van der Waals surface area contributed by atoms with Gasteiger partial charge in [0.1, 0.15) is 0 Å².